The molecule has 0 unspecified atom stereocenters. The van der Waals surface area contributed by atoms with E-state index in [1.165, 1.54) is 10.6 Å². The number of hydrogen-bond acceptors (Lipinski definition) is 7. The van der Waals surface area contributed by atoms with Crippen molar-refractivity contribution in [3.8, 4) is 11.1 Å². The zero-order valence-electron chi connectivity index (χ0n) is 19.4. The van der Waals surface area contributed by atoms with Gasteiger partial charge in [0, 0.05) is 60.9 Å². The van der Waals surface area contributed by atoms with Crippen LogP contribution in [0.25, 0.3) is 27.7 Å². The van der Waals surface area contributed by atoms with E-state index in [0.29, 0.717) is 26.1 Å². The highest BCUT2D eigenvalue weighted by molar-refractivity contribution is 7.88. The molecule has 35 heavy (non-hydrogen) atoms. The normalized spacial score (nSPS) is 15.1. The molecule has 1 aromatic carbocycles. The second kappa shape index (κ2) is 8.21. The van der Waals surface area contributed by atoms with Crippen LogP contribution in [-0.4, -0.2) is 66.6 Å². The van der Waals surface area contributed by atoms with Crippen LogP contribution in [0.5, 0.6) is 0 Å². The largest absolute Gasteiger partial charge is 0.272 e. The number of nitrogens with zero attached hydrogens (tertiary/aromatic N) is 8. The number of sulfonamides is 1. The molecule has 0 aliphatic carbocycles. The first-order valence-electron chi connectivity index (χ1n) is 11.4. The molecule has 5 heterocycles. The maximum absolute atomic E-state index is 11.6. The Kier molecular flexibility index (Phi) is 5.11. The highest BCUT2D eigenvalue weighted by Gasteiger charge is 2.33. The summed E-state index contributed by atoms with van der Waals surface area (Å²) in [6.07, 6.45) is 7.54. The Labute approximate surface area is 202 Å². The Morgan fingerprint density at radius 2 is 1.89 bits per heavy atom. The van der Waals surface area contributed by atoms with Crippen LogP contribution in [-0.2, 0) is 23.0 Å². The van der Waals surface area contributed by atoms with E-state index >= 15 is 0 Å². The van der Waals surface area contributed by atoms with E-state index in [9.17, 15) is 8.42 Å². The summed E-state index contributed by atoms with van der Waals surface area (Å²) in [6, 6.07) is 12.2. The molecule has 0 bridgehead atoms. The fourth-order valence-corrected chi connectivity index (χ4v) is 5.42. The number of aromatic nitrogens is 7. The topological polar surface area (TPSA) is 111 Å². The molecule has 1 fully saturated rings. The minimum Gasteiger partial charge on any atom is -0.272 e. The zero-order chi connectivity index (χ0) is 24.2. The Morgan fingerprint density at radius 3 is 2.71 bits per heavy atom. The number of rotatable bonds is 6. The van der Waals surface area contributed by atoms with Gasteiger partial charge in [0.15, 0.2) is 11.5 Å². The number of fused-ring (bicyclic) bond motifs is 2. The Hall–Kier alpha value is -3.70. The third kappa shape index (κ3) is 4.28. The summed E-state index contributed by atoms with van der Waals surface area (Å²) in [6.45, 7) is 3.73. The summed E-state index contributed by atoms with van der Waals surface area (Å²) in [4.78, 5) is 4.64. The van der Waals surface area contributed by atoms with Gasteiger partial charge in [-0.15, -0.1) is 10.2 Å². The summed E-state index contributed by atoms with van der Waals surface area (Å²) >= 11 is 0. The standard InChI is InChI=1S/C24H24N8O2S/c1-16-3-6-23-27-28-24(32(23)29-16)8-17-4-5-22-19(7-17)9-20(10-25-22)21-11-26-30(15-21)12-18-13-31(14-18)35(2,33)34/h3-7,9-11,15,18H,8,12-14H2,1-2H3. The average Bonchev–Trinajstić information content (AvgIpc) is 3.42. The molecule has 6 rings (SSSR count). The van der Waals surface area contributed by atoms with E-state index in [0.717, 1.165) is 44.8 Å². The summed E-state index contributed by atoms with van der Waals surface area (Å²) in [7, 11) is -3.10. The summed E-state index contributed by atoms with van der Waals surface area (Å²) in [5.41, 5.74) is 5.63. The first-order chi connectivity index (χ1) is 16.8. The van der Waals surface area contributed by atoms with E-state index < -0.39 is 10.0 Å². The van der Waals surface area contributed by atoms with Gasteiger partial charge in [-0.3, -0.25) is 9.67 Å². The third-order valence-corrected chi connectivity index (χ3v) is 7.61. The van der Waals surface area contributed by atoms with Crippen molar-refractivity contribution in [2.45, 2.75) is 19.9 Å². The molecule has 178 valence electrons. The molecule has 0 saturated carbocycles. The smallest absolute Gasteiger partial charge is 0.211 e. The molecule has 1 aliphatic rings. The SMILES string of the molecule is Cc1ccc2nnc(Cc3ccc4ncc(-c5cnn(CC6CN(S(C)(=O)=O)C6)c5)cc4c3)n2n1. The fourth-order valence-electron chi connectivity index (χ4n) is 4.45. The van der Waals surface area contributed by atoms with E-state index in [2.05, 4.69) is 43.6 Å². The second-order valence-electron chi connectivity index (χ2n) is 9.19. The van der Waals surface area contributed by atoms with Crippen LogP contribution >= 0.6 is 0 Å². The van der Waals surface area contributed by atoms with Crippen LogP contribution in [0.2, 0.25) is 0 Å². The molecule has 0 atom stereocenters. The van der Waals surface area contributed by atoms with Gasteiger partial charge in [-0.05, 0) is 42.8 Å². The quantitative estimate of drug-likeness (QED) is 0.361. The van der Waals surface area contributed by atoms with Crippen molar-refractivity contribution in [3.05, 3.63) is 72.1 Å². The Bertz CT molecular complexity index is 1670. The van der Waals surface area contributed by atoms with Crippen molar-refractivity contribution in [1.29, 1.82) is 0 Å². The van der Waals surface area contributed by atoms with Crippen LogP contribution in [0.4, 0.5) is 0 Å². The predicted octanol–water partition coefficient (Wildman–Crippen LogP) is 2.33. The average molecular weight is 489 g/mol. The van der Waals surface area contributed by atoms with Crippen LogP contribution in [0.15, 0.2) is 55.0 Å². The van der Waals surface area contributed by atoms with Crippen LogP contribution in [0, 0.1) is 12.8 Å². The minimum atomic E-state index is -3.10. The number of pyridine rings is 1. The monoisotopic (exact) mass is 488 g/mol. The van der Waals surface area contributed by atoms with Crippen molar-refractivity contribution in [1.82, 2.24) is 38.9 Å². The molecule has 0 spiro atoms. The lowest BCUT2D eigenvalue weighted by Crippen LogP contribution is -2.50. The van der Waals surface area contributed by atoms with Gasteiger partial charge in [-0.2, -0.15) is 14.7 Å². The van der Waals surface area contributed by atoms with E-state index in [1.54, 1.807) is 4.52 Å². The molecule has 10 nitrogen and oxygen atoms in total. The third-order valence-electron chi connectivity index (χ3n) is 6.37. The fraction of sp³-hybridized carbons (Fsp3) is 0.292. The van der Waals surface area contributed by atoms with Gasteiger partial charge < -0.3 is 0 Å². The van der Waals surface area contributed by atoms with Crippen LogP contribution < -0.4 is 0 Å². The number of aryl methyl sites for hydroxylation is 1. The lowest BCUT2D eigenvalue weighted by molar-refractivity contribution is 0.176. The van der Waals surface area contributed by atoms with Gasteiger partial charge in [-0.1, -0.05) is 6.07 Å². The Morgan fingerprint density at radius 1 is 1.03 bits per heavy atom. The summed E-state index contributed by atoms with van der Waals surface area (Å²) < 4.78 is 28.3. The molecular weight excluding hydrogens is 464 g/mol. The van der Waals surface area contributed by atoms with Gasteiger partial charge in [0.05, 0.1) is 23.7 Å². The van der Waals surface area contributed by atoms with Crippen molar-refractivity contribution in [2.75, 3.05) is 19.3 Å². The molecule has 0 N–H and O–H groups in total. The lowest BCUT2D eigenvalue weighted by Gasteiger charge is -2.36. The molecular formula is C24H24N8O2S. The summed E-state index contributed by atoms with van der Waals surface area (Å²) in [5.74, 6) is 1.07. The van der Waals surface area contributed by atoms with Crippen LogP contribution in [0.3, 0.4) is 0 Å². The Balaban J connectivity index is 1.21. The lowest BCUT2D eigenvalue weighted by atomic mass is 10.0. The van der Waals surface area contributed by atoms with Gasteiger partial charge in [0.25, 0.3) is 0 Å². The molecule has 4 aromatic heterocycles. The first kappa shape index (κ1) is 21.8. The van der Waals surface area contributed by atoms with E-state index in [1.807, 2.05) is 48.4 Å². The molecule has 1 aliphatic heterocycles. The number of hydrogen-bond donors (Lipinski definition) is 0. The molecule has 11 heteroatoms. The molecule has 5 aromatic rings. The highest BCUT2D eigenvalue weighted by atomic mass is 32.2. The van der Waals surface area contributed by atoms with Crippen LogP contribution in [0.1, 0.15) is 17.1 Å². The van der Waals surface area contributed by atoms with Gasteiger partial charge in [0.1, 0.15) is 0 Å². The van der Waals surface area contributed by atoms with E-state index in [4.69, 9.17) is 0 Å². The van der Waals surface area contributed by atoms with Crippen molar-refractivity contribution in [2.24, 2.45) is 5.92 Å². The number of benzene rings is 1. The predicted molar refractivity (Wildman–Crippen MR) is 131 cm³/mol. The van der Waals surface area contributed by atoms with E-state index in [-0.39, 0.29) is 5.92 Å². The first-order valence-corrected chi connectivity index (χ1v) is 13.2. The van der Waals surface area contributed by atoms with Crippen molar-refractivity contribution >= 4 is 26.6 Å². The maximum atomic E-state index is 11.6. The highest BCUT2D eigenvalue weighted by Crippen LogP contribution is 2.25. The molecule has 1 saturated heterocycles. The second-order valence-corrected chi connectivity index (χ2v) is 11.2. The zero-order valence-corrected chi connectivity index (χ0v) is 20.2. The van der Waals surface area contributed by atoms with Crippen molar-refractivity contribution in [3.63, 3.8) is 0 Å². The minimum absolute atomic E-state index is 0.279. The molecule has 0 amide bonds. The maximum Gasteiger partial charge on any atom is 0.211 e. The van der Waals surface area contributed by atoms with Gasteiger partial charge >= 0.3 is 0 Å². The van der Waals surface area contributed by atoms with Gasteiger partial charge in [0.2, 0.25) is 10.0 Å². The summed E-state index contributed by atoms with van der Waals surface area (Å²) in [5, 5.41) is 18.6. The molecule has 0 radical (unpaired) electrons. The van der Waals surface area contributed by atoms with Crippen molar-refractivity contribution < 1.29 is 8.42 Å². The van der Waals surface area contributed by atoms with Gasteiger partial charge in [-0.25, -0.2) is 12.7 Å².